The van der Waals surface area contributed by atoms with Gasteiger partial charge in [-0.2, -0.15) is 5.10 Å². The molecule has 0 amide bonds. The van der Waals surface area contributed by atoms with Crippen LogP contribution in [0.25, 0.3) is 0 Å². The molecule has 2 rings (SSSR count). The molecule has 1 fully saturated rings. The highest BCUT2D eigenvalue weighted by molar-refractivity contribution is 4.91. The van der Waals surface area contributed by atoms with Gasteiger partial charge in [0.25, 0.3) is 0 Å². The number of hydrogen-bond donors (Lipinski definition) is 1. The largest absolute Gasteiger partial charge is 0.329 e. The van der Waals surface area contributed by atoms with E-state index in [1.807, 2.05) is 4.68 Å². The maximum atomic E-state index is 5.67. The quantitative estimate of drug-likeness (QED) is 0.753. The highest BCUT2D eigenvalue weighted by Crippen LogP contribution is 2.18. The third-order valence-electron chi connectivity index (χ3n) is 3.01. The third kappa shape index (κ3) is 2.18. The van der Waals surface area contributed by atoms with Crippen LogP contribution in [0.4, 0.5) is 0 Å². The Morgan fingerprint density at radius 3 is 3.07 bits per heavy atom. The normalized spacial score (nSPS) is 21.6. The summed E-state index contributed by atoms with van der Waals surface area (Å²) in [5.74, 6) is 1.06. The molecule has 1 atom stereocenters. The molecule has 84 valence electrons. The molecular weight excluding hydrogens is 190 g/mol. The monoisotopic (exact) mass is 209 g/mol. The zero-order valence-corrected chi connectivity index (χ0v) is 9.26. The lowest BCUT2D eigenvalue weighted by molar-refractivity contribution is 0.0832. The fraction of sp³-hybridized carbons (Fsp3) is 0.800. The number of likely N-dealkylation sites (tertiary alicyclic amines) is 1. The summed E-state index contributed by atoms with van der Waals surface area (Å²) in [6.45, 7) is 5.89. The summed E-state index contributed by atoms with van der Waals surface area (Å²) in [4.78, 5) is 6.67. The van der Waals surface area contributed by atoms with Gasteiger partial charge >= 0.3 is 0 Å². The van der Waals surface area contributed by atoms with E-state index in [-0.39, 0.29) is 0 Å². The van der Waals surface area contributed by atoms with Crippen LogP contribution in [0.1, 0.15) is 25.6 Å². The molecule has 1 aromatic rings. The van der Waals surface area contributed by atoms with Gasteiger partial charge < -0.3 is 5.73 Å². The summed E-state index contributed by atoms with van der Waals surface area (Å²) in [5.41, 5.74) is 5.67. The molecule has 2 N–H and O–H groups in total. The molecule has 1 aliphatic heterocycles. The standard InChI is InChI=1S/C10H19N5/c1-2-4-15-10(12-8-13-15)7-14-5-3-9(14)6-11/h8-9H,2-7,11H2,1H3. The van der Waals surface area contributed by atoms with Gasteiger partial charge in [-0.3, -0.25) is 4.90 Å². The molecule has 0 saturated carbocycles. The van der Waals surface area contributed by atoms with Crippen LogP contribution >= 0.6 is 0 Å². The molecule has 0 bridgehead atoms. The van der Waals surface area contributed by atoms with E-state index in [0.717, 1.165) is 38.4 Å². The van der Waals surface area contributed by atoms with Gasteiger partial charge in [-0.05, 0) is 12.8 Å². The summed E-state index contributed by atoms with van der Waals surface area (Å²) in [7, 11) is 0. The van der Waals surface area contributed by atoms with Gasteiger partial charge in [0, 0.05) is 25.7 Å². The van der Waals surface area contributed by atoms with E-state index in [1.165, 1.54) is 6.42 Å². The molecule has 0 aromatic carbocycles. The van der Waals surface area contributed by atoms with E-state index in [2.05, 4.69) is 21.9 Å². The Hall–Kier alpha value is -0.940. The second-order valence-corrected chi connectivity index (χ2v) is 4.05. The lowest BCUT2D eigenvalue weighted by Crippen LogP contribution is -2.51. The van der Waals surface area contributed by atoms with Crippen LogP contribution < -0.4 is 5.73 Å². The first-order valence-corrected chi connectivity index (χ1v) is 5.66. The van der Waals surface area contributed by atoms with Gasteiger partial charge in [-0.1, -0.05) is 6.92 Å². The molecule has 1 unspecified atom stereocenters. The predicted molar refractivity (Wildman–Crippen MR) is 58.2 cm³/mol. The number of rotatable bonds is 5. The van der Waals surface area contributed by atoms with Crippen LogP contribution in [0.3, 0.4) is 0 Å². The maximum absolute atomic E-state index is 5.67. The lowest BCUT2D eigenvalue weighted by Gasteiger charge is -2.39. The van der Waals surface area contributed by atoms with Crippen LogP contribution in [0.15, 0.2) is 6.33 Å². The minimum absolute atomic E-state index is 0.553. The predicted octanol–water partition coefficient (Wildman–Crippen LogP) is 0.221. The summed E-state index contributed by atoms with van der Waals surface area (Å²) in [6.07, 6.45) is 3.96. The first kappa shape index (κ1) is 10.6. The minimum atomic E-state index is 0.553. The first-order valence-electron chi connectivity index (χ1n) is 5.66. The van der Waals surface area contributed by atoms with Crippen molar-refractivity contribution in [3.05, 3.63) is 12.2 Å². The summed E-state index contributed by atoms with van der Waals surface area (Å²) in [5, 5.41) is 4.22. The number of aromatic nitrogens is 3. The van der Waals surface area contributed by atoms with Gasteiger partial charge in [-0.25, -0.2) is 9.67 Å². The second-order valence-electron chi connectivity index (χ2n) is 4.05. The van der Waals surface area contributed by atoms with Crippen molar-refractivity contribution in [1.29, 1.82) is 0 Å². The minimum Gasteiger partial charge on any atom is -0.329 e. The van der Waals surface area contributed by atoms with Crippen LogP contribution in [0.2, 0.25) is 0 Å². The maximum Gasteiger partial charge on any atom is 0.141 e. The molecule has 1 aromatic heterocycles. The number of aryl methyl sites for hydroxylation is 1. The Kier molecular flexibility index (Phi) is 3.33. The Morgan fingerprint density at radius 1 is 1.60 bits per heavy atom. The molecule has 2 heterocycles. The Balaban J connectivity index is 1.95. The van der Waals surface area contributed by atoms with Gasteiger partial charge in [-0.15, -0.1) is 0 Å². The zero-order chi connectivity index (χ0) is 10.7. The van der Waals surface area contributed by atoms with Gasteiger partial charge in [0.15, 0.2) is 0 Å². The molecule has 15 heavy (non-hydrogen) atoms. The van der Waals surface area contributed by atoms with Crippen molar-refractivity contribution in [2.45, 2.75) is 38.9 Å². The van der Waals surface area contributed by atoms with Crippen LogP contribution in [0.5, 0.6) is 0 Å². The fourth-order valence-corrected chi connectivity index (χ4v) is 1.96. The van der Waals surface area contributed by atoms with Crippen molar-refractivity contribution in [3.63, 3.8) is 0 Å². The van der Waals surface area contributed by atoms with E-state index >= 15 is 0 Å². The average molecular weight is 209 g/mol. The summed E-state index contributed by atoms with van der Waals surface area (Å²) < 4.78 is 1.99. The van der Waals surface area contributed by atoms with E-state index in [4.69, 9.17) is 5.73 Å². The van der Waals surface area contributed by atoms with Crippen molar-refractivity contribution >= 4 is 0 Å². The topological polar surface area (TPSA) is 60.0 Å². The Labute approximate surface area is 90.3 Å². The molecular formula is C10H19N5. The molecule has 0 radical (unpaired) electrons. The Bertz CT molecular complexity index is 307. The van der Waals surface area contributed by atoms with Gasteiger partial charge in [0.1, 0.15) is 12.2 Å². The van der Waals surface area contributed by atoms with Crippen molar-refractivity contribution in [2.24, 2.45) is 5.73 Å². The van der Waals surface area contributed by atoms with E-state index in [1.54, 1.807) is 6.33 Å². The third-order valence-corrected chi connectivity index (χ3v) is 3.01. The van der Waals surface area contributed by atoms with Crippen molar-refractivity contribution in [1.82, 2.24) is 19.7 Å². The van der Waals surface area contributed by atoms with Crippen LogP contribution in [0, 0.1) is 0 Å². The number of nitrogens with two attached hydrogens (primary N) is 1. The van der Waals surface area contributed by atoms with E-state index < -0.39 is 0 Å². The number of hydrogen-bond acceptors (Lipinski definition) is 4. The summed E-state index contributed by atoms with van der Waals surface area (Å²) in [6, 6.07) is 0.553. The van der Waals surface area contributed by atoms with Crippen LogP contribution in [-0.2, 0) is 13.1 Å². The highest BCUT2D eigenvalue weighted by atomic mass is 15.4. The Morgan fingerprint density at radius 2 is 2.47 bits per heavy atom. The average Bonchev–Trinajstić information content (AvgIpc) is 2.62. The smallest absolute Gasteiger partial charge is 0.141 e. The molecule has 1 aliphatic rings. The molecule has 5 heteroatoms. The lowest BCUT2D eigenvalue weighted by atomic mass is 10.0. The van der Waals surface area contributed by atoms with Crippen molar-refractivity contribution < 1.29 is 0 Å². The molecule has 0 spiro atoms. The molecule has 1 saturated heterocycles. The van der Waals surface area contributed by atoms with Gasteiger partial charge in [0.05, 0.1) is 6.54 Å². The SMILES string of the molecule is CCCn1ncnc1CN1CCC1CN. The van der Waals surface area contributed by atoms with Crippen molar-refractivity contribution in [3.8, 4) is 0 Å². The molecule has 5 nitrogen and oxygen atoms in total. The van der Waals surface area contributed by atoms with Crippen molar-refractivity contribution in [2.75, 3.05) is 13.1 Å². The highest BCUT2D eigenvalue weighted by Gasteiger charge is 2.27. The zero-order valence-electron chi connectivity index (χ0n) is 9.26. The first-order chi connectivity index (χ1) is 7.35. The van der Waals surface area contributed by atoms with E-state index in [9.17, 15) is 0 Å². The fourth-order valence-electron chi connectivity index (χ4n) is 1.96. The number of nitrogens with zero attached hydrogens (tertiary/aromatic N) is 4. The second kappa shape index (κ2) is 4.72. The van der Waals surface area contributed by atoms with Crippen LogP contribution in [-0.4, -0.2) is 38.8 Å². The van der Waals surface area contributed by atoms with E-state index in [0.29, 0.717) is 6.04 Å². The van der Waals surface area contributed by atoms with Gasteiger partial charge in [0.2, 0.25) is 0 Å². The summed E-state index contributed by atoms with van der Waals surface area (Å²) >= 11 is 0. The molecule has 0 aliphatic carbocycles.